The van der Waals surface area contributed by atoms with Crippen molar-refractivity contribution >= 4 is 0 Å². The number of nitrogens with two attached hydrogens (primary N) is 1. The summed E-state index contributed by atoms with van der Waals surface area (Å²) in [6.45, 7) is 1.29. The number of rotatable bonds is 5. The molecule has 4 nitrogen and oxygen atoms in total. The lowest BCUT2D eigenvalue weighted by Crippen LogP contribution is -2.11. The summed E-state index contributed by atoms with van der Waals surface area (Å²) < 4.78 is 1.95. The van der Waals surface area contributed by atoms with Crippen LogP contribution in [-0.4, -0.2) is 21.3 Å². The monoisotopic (exact) mass is 278 g/mol. The molecule has 106 valence electrons. The fraction of sp³-hybridized carbons (Fsp3) is 0.176. The number of nitrogens with zero attached hydrogens (tertiary/aromatic N) is 3. The topological polar surface area (TPSA) is 56.7 Å². The molecule has 0 unspecified atom stereocenters. The number of hydrogen-bond acceptors (Lipinski definition) is 3. The molecule has 0 aliphatic carbocycles. The fourth-order valence-corrected chi connectivity index (χ4v) is 2.28. The number of aromatic nitrogens is 3. The van der Waals surface area contributed by atoms with Gasteiger partial charge in [-0.15, -0.1) is 0 Å². The zero-order valence-corrected chi connectivity index (χ0v) is 11.8. The van der Waals surface area contributed by atoms with Crippen molar-refractivity contribution < 1.29 is 0 Å². The Morgan fingerprint density at radius 1 is 0.905 bits per heavy atom. The molecule has 0 aliphatic rings. The third kappa shape index (κ3) is 3.17. The van der Waals surface area contributed by atoms with Gasteiger partial charge in [0, 0.05) is 12.0 Å². The normalized spacial score (nSPS) is 10.7. The average molecular weight is 278 g/mol. The number of benzene rings is 2. The van der Waals surface area contributed by atoms with Gasteiger partial charge in [0.15, 0.2) is 5.82 Å². The highest BCUT2D eigenvalue weighted by atomic mass is 15.3. The van der Waals surface area contributed by atoms with Crippen LogP contribution in [0.25, 0.3) is 11.4 Å². The molecule has 0 amide bonds. The first kappa shape index (κ1) is 13.5. The molecule has 3 rings (SSSR count). The van der Waals surface area contributed by atoms with Crippen LogP contribution < -0.4 is 5.73 Å². The second-order valence-corrected chi connectivity index (χ2v) is 4.90. The largest absolute Gasteiger partial charge is 0.330 e. The molecule has 0 aliphatic heterocycles. The van der Waals surface area contributed by atoms with Crippen LogP contribution >= 0.6 is 0 Å². The lowest BCUT2D eigenvalue weighted by molar-refractivity contribution is 0.636. The summed E-state index contributed by atoms with van der Waals surface area (Å²) in [5, 5.41) is 4.64. The van der Waals surface area contributed by atoms with Crippen LogP contribution in [0.15, 0.2) is 60.7 Å². The Labute approximate surface area is 124 Å². The van der Waals surface area contributed by atoms with Crippen molar-refractivity contribution in [3.05, 3.63) is 72.1 Å². The molecule has 1 aromatic heterocycles. The summed E-state index contributed by atoms with van der Waals surface area (Å²) in [4.78, 5) is 4.64. The molecular weight excluding hydrogens is 260 g/mol. The first-order valence-corrected chi connectivity index (χ1v) is 7.10. The average Bonchev–Trinajstić information content (AvgIpc) is 2.93. The zero-order chi connectivity index (χ0) is 14.5. The molecule has 0 bridgehead atoms. The van der Waals surface area contributed by atoms with E-state index in [-0.39, 0.29) is 0 Å². The second kappa shape index (κ2) is 6.33. The third-order valence-corrected chi connectivity index (χ3v) is 3.32. The molecule has 21 heavy (non-hydrogen) atoms. The molecule has 0 saturated heterocycles. The van der Waals surface area contributed by atoms with Crippen LogP contribution in [0.2, 0.25) is 0 Å². The molecular formula is C17H18N4. The standard InChI is InChI=1S/C17H18N4/c18-12-11-16-19-17(15-9-5-2-6-10-15)20-21(16)13-14-7-3-1-4-8-14/h1-10H,11-13,18H2. The summed E-state index contributed by atoms with van der Waals surface area (Å²) in [5.74, 6) is 1.69. The summed E-state index contributed by atoms with van der Waals surface area (Å²) in [5.41, 5.74) is 7.93. The predicted molar refractivity (Wildman–Crippen MR) is 83.8 cm³/mol. The van der Waals surface area contributed by atoms with Gasteiger partial charge in [-0.05, 0) is 12.1 Å². The minimum Gasteiger partial charge on any atom is -0.330 e. The van der Waals surface area contributed by atoms with Crippen molar-refractivity contribution in [2.45, 2.75) is 13.0 Å². The van der Waals surface area contributed by atoms with Crippen molar-refractivity contribution in [3.63, 3.8) is 0 Å². The van der Waals surface area contributed by atoms with Gasteiger partial charge in [0.05, 0.1) is 6.54 Å². The summed E-state index contributed by atoms with van der Waals surface area (Å²) in [6.07, 6.45) is 0.729. The van der Waals surface area contributed by atoms with E-state index in [1.165, 1.54) is 5.56 Å². The van der Waals surface area contributed by atoms with Gasteiger partial charge in [-0.3, -0.25) is 0 Å². The Bertz CT molecular complexity index is 689. The van der Waals surface area contributed by atoms with E-state index < -0.39 is 0 Å². The Morgan fingerprint density at radius 3 is 2.24 bits per heavy atom. The van der Waals surface area contributed by atoms with Crippen LogP contribution in [0.5, 0.6) is 0 Å². The van der Waals surface area contributed by atoms with Gasteiger partial charge in [0.2, 0.25) is 0 Å². The minimum atomic E-state index is 0.571. The Kier molecular flexibility index (Phi) is 4.07. The van der Waals surface area contributed by atoms with Gasteiger partial charge >= 0.3 is 0 Å². The van der Waals surface area contributed by atoms with Crippen LogP contribution in [-0.2, 0) is 13.0 Å². The highest BCUT2D eigenvalue weighted by Crippen LogP contribution is 2.16. The van der Waals surface area contributed by atoms with E-state index in [0.717, 1.165) is 30.2 Å². The van der Waals surface area contributed by atoms with Gasteiger partial charge < -0.3 is 5.73 Å². The van der Waals surface area contributed by atoms with Crippen LogP contribution in [0.1, 0.15) is 11.4 Å². The van der Waals surface area contributed by atoms with Crippen molar-refractivity contribution in [2.75, 3.05) is 6.54 Å². The Morgan fingerprint density at radius 2 is 1.57 bits per heavy atom. The van der Waals surface area contributed by atoms with E-state index in [2.05, 4.69) is 22.2 Å². The smallest absolute Gasteiger partial charge is 0.181 e. The van der Waals surface area contributed by atoms with Gasteiger partial charge in [-0.1, -0.05) is 60.7 Å². The van der Waals surface area contributed by atoms with E-state index in [4.69, 9.17) is 5.73 Å². The van der Waals surface area contributed by atoms with Crippen molar-refractivity contribution in [3.8, 4) is 11.4 Å². The molecule has 0 radical (unpaired) electrons. The van der Waals surface area contributed by atoms with E-state index in [9.17, 15) is 0 Å². The van der Waals surface area contributed by atoms with E-state index in [1.54, 1.807) is 0 Å². The molecule has 0 spiro atoms. The summed E-state index contributed by atoms with van der Waals surface area (Å²) in [7, 11) is 0. The molecule has 0 atom stereocenters. The molecule has 0 fully saturated rings. The van der Waals surface area contributed by atoms with Crippen molar-refractivity contribution in [1.29, 1.82) is 0 Å². The van der Waals surface area contributed by atoms with Crippen molar-refractivity contribution in [2.24, 2.45) is 5.73 Å². The quantitative estimate of drug-likeness (QED) is 0.780. The lowest BCUT2D eigenvalue weighted by atomic mass is 10.2. The van der Waals surface area contributed by atoms with Crippen LogP contribution in [0, 0.1) is 0 Å². The van der Waals surface area contributed by atoms with Gasteiger partial charge in [-0.2, -0.15) is 5.10 Å². The fourth-order valence-electron chi connectivity index (χ4n) is 2.28. The van der Waals surface area contributed by atoms with E-state index in [1.807, 2.05) is 53.2 Å². The third-order valence-electron chi connectivity index (χ3n) is 3.32. The van der Waals surface area contributed by atoms with Crippen molar-refractivity contribution in [1.82, 2.24) is 14.8 Å². The molecule has 4 heteroatoms. The molecule has 2 aromatic carbocycles. The zero-order valence-electron chi connectivity index (χ0n) is 11.8. The Balaban J connectivity index is 1.93. The Hall–Kier alpha value is -2.46. The summed E-state index contributed by atoms with van der Waals surface area (Å²) >= 11 is 0. The maximum atomic E-state index is 5.69. The van der Waals surface area contributed by atoms with Gasteiger partial charge in [0.25, 0.3) is 0 Å². The molecule has 3 aromatic rings. The van der Waals surface area contributed by atoms with Gasteiger partial charge in [0.1, 0.15) is 5.82 Å². The maximum absolute atomic E-state index is 5.69. The first-order chi connectivity index (χ1) is 10.4. The minimum absolute atomic E-state index is 0.571. The lowest BCUT2D eigenvalue weighted by Gasteiger charge is -2.04. The highest BCUT2D eigenvalue weighted by Gasteiger charge is 2.11. The van der Waals surface area contributed by atoms with E-state index >= 15 is 0 Å². The highest BCUT2D eigenvalue weighted by molar-refractivity contribution is 5.54. The molecule has 2 N–H and O–H groups in total. The maximum Gasteiger partial charge on any atom is 0.181 e. The predicted octanol–water partition coefficient (Wildman–Crippen LogP) is 2.49. The van der Waals surface area contributed by atoms with E-state index in [0.29, 0.717) is 6.54 Å². The molecule has 0 saturated carbocycles. The first-order valence-electron chi connectivity index (χ1n) is 7.10. The number of hydrogen-bond donors (Lipinski definition) is 1. The summed E-state index contributed by atoms with van der Waals surface area (Å²) in [6, 6.07) is 20.3. The molecule has 1 heterocycles. The second-order valence-electron chi connectivity index (χ2n) is 4.90. The van der Waals surface area contributed by atoms with Crippen LogP contribution in [0.4, 0.5) is 0 Å². The van der Waals surface area contributed by atoms with Gasteiger partial charge in [-0.25, -0.2) is 9.67 Å². The van der Waals surface area contributed by atoms with Crippen LogP contribution in [0.3, 0.4) is 0 Å². The SMILES string of the molecule is NCCc1nc(-c2ccccc2)nn1Cc1ccccc1.